The van der Waals surface area contributed by atoms with Gasteiger partial charge in [0.2, 0.25) is 0 Å². The summed E-state index contributed by atoms with van der Waals surface area (Å²) in [6.45, 7) is 6.44. The average Bonchev–Trinajstić information content (AvgIpc) is 2.55. The number of hydrogen-bond donors (Lipinski definition) is 1. The summed E-state index contributed by atoms with van der Waals surface area (Å²) in [5, 5.41) is 20.3. The molecule has 1 atom stereocenters. The van der Waals surface area contributed by atoms with Crippen molar-refractivity contribution in [3.63, 3.8) is 0 Å². The van der Waals surface area contributed by atoms with Crippen molar-refractivity contribution in [2.45, 2.75) is 26.3 Å². The maximum atomic E-state index is 12.6. The quantitative estimate of drug-likeness (QED) is 0.655. The first-order chi connectivity index (χ1) is 11.0. The summed E-state index contributed by atoms with van der Waals surface area (Å²) >= 11 is 0. The third-order valence-corrected chi connectivity index (χ3v) is 4.32. The maximum Gasteiger partial charge on any atom is 0.270 e. The lowest BCUT2D eigenvalue weighted by atomic mass is 10.1. The van der Waals surface area contributed by atoms with Crippen LogP contribution in [0.2, 0.25) is 0 Å². The molecule has 1 saturated heterocycles. The molecule has 0 aliphatic carbocycles. The molecule has 1 aromatic rings. The molecule has 0 bridgehead atoms. The van der Waals surface area contributed by atoms with Gasteiger partial charge in [0.05, 0.1) is 11.5 Å². The summed E-state index contributed by atoms with van der Waals surface area (Å²) in [5.41, 5.74) is 1.00. The van der Waals surface area contributed by atoms with Crippen molar-refractivity contribution in [2.24, 2.45) is 0 Å². The number of amides is 1. The van der Waals surface area contributed by atoms with E-state index < -0.39 is 4.92 Å². The van der Waals surface area contributed by atoms with Gasteiger partial charge in [-0.05, 0) is 25.0 Å². The van der Waals surface area contributed by atoms with E-state index >= 15 is 0 Å². The predicted octanol–water partition coefficient (Wildman–Crippen LogP) is 1.43. The van der Waals surface area contributed by atoms with E-state index in [2.05, 4.69) is 4.90 Å². The zero-order chi connectivity index (χ0) is 17.0. The number of hydrogen-bond acceptors (Lipinski definition) is 5. The van der Waals surface area contributed by atoms with Gasteiger partial charge in [-0.15, -0.1) is 0 Å². The zero-order valence-electron chi connectivity index (χ0n) is 13.6. The highest BCUT2D eigenvalue weighted by atomic mass is 16.6. The van der Waals surface area contributed by atoms with E-state index in [1.54, 1.807) is 17.9 Å². The molecule has 23 heavy (non-hydrogen) atoms. The molecule has 1 N–H and O–H groups in total. The molecule has 1 unspecified atom stereocenters. The monoisotopic (exact) mass is 321 g/mol. The molecule has 126 valence electrons. The third kappa shape index (κ3) is 4.05. The Morgan fingerprint density at radius 1 is 1.30 bits per heavy atom. The third-order valence-electron chi connectivity index (χ3n) is 4.32. The Bertz CT molecular complexity index is 579. The number of non-ortho nitro benzene ring substituents is 1. The van der Waals surface area contributed by atoms with E-state index in [0.29, 0.717) is 37.3 Å². The summed E-state index contributed by atoms with van der Waals surface area (Å²) in [5.74, 6) is -0.173. The van der Waals surface area contributed by atoms with Crippen LogP contribution in [0.3, 0.4) is 0 Å². The van der Waals surface area contributed by atoms with Gasteiger partial charge in [-0.1, -0.05) is 6.92 Å². The van der Waals surface area contributed by atoms with Gasteiger partial charge >= 0.3 is 0 Å². The van der Waals surface area contributed by atoms with Crippen LogP contribution in [0.4, 0.5) is 5.69 Å². The van der Waals surface area contributed by atoms with E-state index in [1.165, 1.54) is 12.1 Å². The molecule has 2 rings (SSSR count). The summed E-state index contributed by atoms with van der Waals surface area (Å²) in [6.07, 6.45) is 0.870. The van der Waals surface area contributed by atoms with Gasteiger partial charge in [0.25, 0.3) is 11.6 Å². The second kappa shape index (κ2) is 7.52. The number of carbonyl (C=O) groups is 1. The van der Waals surface area contributed by atoms with E-state index in [0.717, 1.165) is 6.42 Å². The van der Waals surface area contributed by atoms with Crippen LogP contribution in [0.5, 0.6) is 0 Å². The first-order valence-corrected chi connectivity index (χ1v) is 7.86. The van der Waals surface area contributed by atoms with Crippen molar-refractivity contribution in [1.82, 2.24) is 9.80 Å². The second-order valence-corrected chi connectivity index (χ2v) is 5.89. The summed E-state index contributed by atoms with van der Waals surface area (Å²) in [6, 6.07) is 4.61. The maximum absolute atomic E-state index is 12.6. The van der Waals surface area contributed by atoms with Gasteiger partial charge in [-0.2, -0.15) is 0 Å². The number of nitro groups is 1. The van der Waals surface area contributed by atoms with Crippen molar-refractivity contribution in [3.05, 3.63) is 39.4 Å². The van der Waals surface area contributed by atoms with Crippen molar-refractivity contribution in [2.75, 3.05) is 32.8 Å². The number of nitro benzene ring substituents is 1. The fourth-order valence-electron chi connectivity index (χ4n) is 2.97. The van der Waals surface area contributed by atoms with E-state index in [1.807, 2.05) is 6.92 Å². The molecule has 0 radical (unpaired) electrons. The van der Waals surface area contributed by atoms with Crippen LogP contribution in [0.15, 0.2) is 18.2 Å². The number of nitrogens with zero attached hydrogens (tertiary/aromatic N) is 3. The highest BCUT2D eigenvalue weighted by molar-refractivity contribution is 5.95. The molecule has 0 spiro atoms. The zero-order valence-corrected chi connectivity index (χ0v) is 13.6. The standard InChI is InChI=1S/C16H23N3O4/c1-3-14(11-20)17-4-6-18(7-5-17)16(21)13-8-12(2)9-15(10-13)19(22)23/h8-10,14,20H,3-7,11H2,1-2H3. The van der Waals surface area contributed by atoms with Crippen molar-refractivity contribution < 1.29 is 14.8 Å². The average molecular weight is 321 g/mol. The van der Waals surface area contributed by atoms with E-state index in [9.17, 15) is 20.0 Å². The Labute approximate surface area is 135 Å². The highest BCUT2D eigenvalue weighted by Crippen LogP contribution is 2.19. The van der Waals surface area contributed by atoms with Gasteiger partial charge in [0, 0.05) is 49.9 Å². The van der Waals surface area contributed by atoms with Crippen LogP contribution in [0, 0.1) is 17.0 Å². The van der Waals surface area contributed by atoms with Gasteiger partial charge < -0.3 is 10.0 Å². The van der Waals surface area contributed by atoms with Crippen LogP contribution in [0.25, 0.3) is 0 Å². The highest BCUT2D eigenvalue weighted by Gasteiger charge is 2.26. The fourth-order valence-corrected chi connectivity index (χ4v) is 2.97. The number of benzene rings is 1. The molecular weight excluding hydrogens is 298 g/mol. The molecule has 1 amide bonds. The normalized spacial score (nSPS) is 17.1. The van der Waals surface area contributed by atoms with Crippen molar-refractivity contribution in [1.29, 1.82) is 0 Å². The number of rotatable bonds is 5. The minimum absolute atomic E-state index is 0.0571. The summed E-state index contributed by atoms with van der Waals surface area (Å²) in [7, 11) is 0. The largest absolute Gasteiger partial charge is 0.395 e. The Morgan fingerprint density at radius 2 is 1.96 bits per heavy atom. The van der Waals surface area contributed by atoms with Gasteiger partial charge in [0.15, 0.2) is 0 Å². The van der Waals surface area contributed by atoms with Crippen molar-refractivity contribution in [3.8, 4) is 0 Å². The predicted molar refractivity (Wildman–Crippen MR) is 86.5 cm³/mol. The lowest BCUT2D eigenvalue weighted by molar-refractivity contribution is -0.384. The molecule has 7 nitrogen and oxygen atoms in total. The van der Waals surface area contributed by atoms with E-state index in [-0.39, 0.29) is 24.2 Å². The van der Waals surface area contributed by atoms with Crippen LogP contribution in [0.1, 0.15) is 29.3 Å². The van der Waals surface area contributed by atoms with Gasteiger partial charge in [-0.25, -0.2) is 0 Å². The van der Waals surface area contributed by atoms with Crippen LogP contribution < -0.4 is 0 Å². The molecule has 7 heteroatoms. The second-order valence-electron chi connectivity index (χ2n) is 5.89. The minimum Gasteiger partial charge on any atom is -0.395 e. The first-order valence-electron chi connectivity index (χ1n) is 7.86. The lowest BCUT2D eigenvalue weighted by Crippen LogP contribution is -2.52. The molecule has 0 aromatic heterocycles. The van der Waals surface area contributed by atoms with Crippen LogP contribution >= 0.6 is 0 Å². The molecule has 1 heterocycles. The number of aryl methyl sites for hydroxylation is 1. The Kier molecular flexibility index (Phi) is 5.68. The van der Waals surface area contributed by atoms with Crippen molar-refractivity contribution >= 4 is 11.6 Å². The number of aliphatic hydroxyl groups excluding tert-OH is 1. The van der Waals surface area contributed by atoms with Crippen LogP contribution in [-0.4, -0.2) is 64.6 Å². The van der Waals surface area contributed by atoms with Gasteiger partial charge in [0.1, 0.15) is 0 Å². The number of aliphatic hydroxyl groups is 1. The Morgan fingerprint density at radius 3 is 2.48 bits per heavy atom. The minimum atomic E-state index is -0.477. The van der Waals surface area contributed by atoms with Crippen LogP contribution in [-0.2, 0) is 0 Å². The number of carbonyl (C=O) groups excluding carboxylic acids is 1. The smallest absolute Gasteiger partial charge is 0.270 e. The first kappa shape index (κ1) is 17.4. The number of piperazine rings is 1. The molecular formula is C16H23N3O4. The fraction of sp³-hybridized carbons (Fsp3) is 0.562. The topological polar surface area (TPSA) is 86.9 Å². The van der Waals surface area contributed by atoms with E-state index in [4.69, 9.17) is 0 Å². The lowest BCUT2D eigenvalue weighted by Gasteiger charge is -2.38. The molecule has 1 aliphatic rings. The Hall–Kier alpha value is -1.99. The SMILES string of the molecule is CCC(CO)N1CCN(C(=O)c2cc(C)cc([N+](=O)[O-])c2)CC1. The summed E-state index contributed by atoms with van der Waals surface area (Å²) < 4.78 is 0. The molecule has 1 aromatic carbocycles. The molecule has 0 saturated carbocycles. The summed E-state index contributed by atoms with van der Waals surface area (Å²) in [4.78, 5) is 26.9. The molecule has 1 aliphatic heterocycles. The molecule has 1 fully saturated rings. The van der Waals surface area contributed by atoms with Gasteiger partial charge in [-0.3, -0.25) is 19.8 Å². The Balaban J connectivity index is 2.07.